The first kappa shape index (κ1) is 44.5. The molecule has 3 saturated carbocycles. The van der Waals surface area contributed by atoms with Gasteiger partial charge in [0.2, 0.25) is 11.8 Å². The number of carbonyl (C=O) groups is 1. The third-order valence-corrected chi connectivity index (χ3v) is 9.81. The number of amides is 1. The zero-order chi connectivity index (χ0) is 36.0. The molecule has 2 unspecified atom stereocenters. The van der Waals surface area contributed by atoms with E-state index < -0.39 is 5.92 Å². The third kappa shape index (κ3) is 22.2. The Morgan fingerprint density at radius 1 is 0.771 bits per heavy atom. The lowest BCUT2D eigenvalue weighted by Crippen LogP contribution is -2.37. The molecule has 5 aliphatic rings. The summed E-state index contributed by atoms with van der Waals surface area (Å²) in [5.41, 5.74) is 33.8. The first-order valence-electron chi connectivity index (χ1n) is 18.6. The van der Waals surface area contributed by atoms with Gasteiger partial charge in [-0.3, -0.25) is 4.79 Å². The Morgan fingerprint density at radius 3 is 1.67 bits per heavy atom. The van der Waals surface area contributed by atoms with Crippen molar-refractivity contribution in [3.8, 4) is 0 Å². The SMILES string of the molecule is CCCCNC1CCC(N)CC1.NC(=O)C1=CCC(N)CC1.NC1CC=C(F)CC1.NC1CCC(CO)CC1.NC1CCC(F)(F)CC1. The number of alkyl halides is 2. The fraction of sp³-hybridized carbons (Fsp3) is 0.861. The van der Waals surface area contributed by atoms with Gasteiger partial charge in [0, 0.05) is 67.7 Å². The Kier molecular flexibility index (Phi) is 23.6. The summed E-state index contributed by atoms with van der Waals surface area (Å²) in [5.74, 6) is -2.17. The van der Waals surface area contributed by atoms with E-state index in [1.54, 1.807) is 6.08 Å². The average molecular weight is 690 g/mol. The summed E-state index contributed by atoms with van der Waals surface area (Å²) in [4.78, 5) is 10.6. The van der Waals surface area contributed by atoms with Crippen LogP contribution in [0.1, 0.15) is 135 Å². The molecule has 282 valence electrons. The number of aliphatic hydroxyl groups is 1. The van der Waals surface area contributed by atoms with Crippen LogP contribution in [0.5, 0.6) is 0 Å². The van der Waals surface area contributed by atoms with Crippen LogP contribution in [0.3, 0.4) is 0 Å². The second-order valence-electron chi connectivity index (χ2n) is 14.4. The van der Waals surface area contributed by atoms with Crippen molar-refractivity contribution in [1.29, 1.82) is 0 Å². The maximum atomic E-state index is 12.3. The highest BCUT2D eigenvalue weighted by molar-refractivity contribution is 5.92. The minimum absolute atomic E-state index is 0.00620. The highest BCUT2D eigenvalue weighted by Gasteiger charge is 2.33. The van der Waals surface area contributed by atoms with Gasteiger partial charge in [-0.1, -0.05) is 25.5 Å². The molecular formula is C36H70F3N7O2. The molecule has 0 heterocycles. The van der Waals surface area contributed by atoms with Gasteiger partial charge in [-0.05, 0) is 115 Å². The van der Waals surface area contributed by atoms with Crippen LogP contribution in [-0.2, 0) is 4.79 Å². The number of carbonyl (C=O) groups excluding carboxylic acids is 1. The van der Waals surface area contributed by atoms with Crippen molar-refractivity contribution in [3.63, 3.8) is 0 Å². The Morgan fingerprint density at radius 2 is 1.27 bits per heavy atom. The van der Waals surface area contributed by atoms with Crippen LogP contribution >= 0.6 is 0 Å². The van der Waals surface area contributed by atoms with Gasteiger partial charge >= 0.3 is 0 Å². The van der Waals surface area contributed by atoms with E-state index in [0.29, 0.717) is 50.3 Å². The van der Waals surface area contributed by atoms with Crippen molar-refractivity contribution in [2.45, 2.75) is 178 Å². The summed E-state index contributed by atoms with van der Waals surface area (Å²) in [6.45, 7) is 3.78. The molecule has 0 spiro atoms. The zero-order valence-electron chi connectivity index (χ0n) is 29.7. The van der Waals surface area contributed by atoms with E-state index in [0.717, 1.165) is 63.0 Å². The number of hydrogen-bond acceptors (Lipinski definition) is 8. The smallest absolute Gasteiger partial charge is 0.248 e. The summed E-state index contributed by atoms with van der Waals surface area (Å²) in [6, 6.07) is 2.10. The van der Waals surface area contributed by atoms with E-state index in [1.165, 1.54) is 45.1 Å². The summed E-state index contributed by atoms with van der Waals surface area (Å²) in [7, 11) is 0. The molecule has 14 N–H and O–H groups in total. The Bertz CT molecular complexity index is 898. The lowest BCUT2D eigenvalue weighted by atomic mass is 9.87. The number of hydrogen-bond donors (Lipinski definition) is 8. The monoisotopic (exact) mass is 690 g/mol. The molecule has 0 aromatic carbocycles. The van der Waals surface area contributed by atoms with Crippen molar-refractivity contribution < 1.29 is 23.1 Å². The molecule has 3 fully saturated rings. The molecule has 9 nitrogen and oxygen atoms in total. The van der Waals surface area contributed by atoms with E-state index in [4.69, 9.17) is 39.5 Å². The molecule has 2 atom stereocenters. The van der Waals surface area contributed by atoms with Crippen molar-refractivity contribution in [2.24, 2.45) is 40.3 Å². The Balaban J connectivity index is 0.000000302. The number of rotatable bonds is 6. The summed E-state index contributed by atoms with van der Waals surface area (Å²) < 4.78 is 36.8. The van der Waals surface area contributed by atoms with Crippen LogP contribution in [0.25, 0.3) is 0 Å². The van der Waals surface area contributed by atoms with Crippen LogP contribution < -0.4 is 39.7 Å². The maximum Gasteiger partial charge on any atom is 0.248 e. The first-order valence-corrected chi connectivity index (χ1v) is 18.6. The molecule has 0 aromatic rings. The molecule has 48 heavy (non-hydrogen) atoms. The van der Waals surface area contributed by atoms with E-state index in [9.17, 15) is 18.0 Å². The largest absolute Gasteiger partial charge is 0.396 e. The van der Waals surface area contributed by atoms with Gasteiger partial charge in [-0.15, -0.1) is 0 Å². The molecule has 1 amide bonds. The van der Waals surface area contributed by atoms with Gasteiger partial charge in [-0.25, -0.2) is 13.2 Å². The van der Waals surface area contributed by atoms with Crippen LogP contribution in [0.4, 0.5) is 13.2 Å². The molecule has 0 saturated heterocycles. The van der Waals surface area contributed by atoms with Gasteiger partial charge in [0.1, 0.15) is 0 Å². The average Bonchev–Trinajstić information content (AvgIpc) is 3.07. The minimum atomic E-state index is -2.42. The predicted molar refractivity (Wildman–Crippen MR) is 192 cm³/mol. The predicted octanol–water partition coefficient (Wildman–Crippen LogP) is 4.93. The zero-order valence-corrected chi connectivity index (χ0v) is 29.7. The van der Waals surface area contributed by atoms with Gasteiger partial charge in [0.25, 0.3) is 0 Å². The normalized spacial score (nSPS) is 30.1. The van der Waals surface area contributed by atoms with Gasteiger partial charge in [0.15, 0.2) is 0 Å². The lowest BCUT2D eigenvalue weighted by molar-refractivity contribution is -0.114. The standard InChI is InChI=1S/C10H22N2.C7H12N2O.C7H15NO.C6H11F2N.C6H10FN/c1-2-3-8-12-10-6-4-9(11)5-7-10;8-6-3-1-5(2-4-6)7(9)10;8-7-3-1-6(5-9)2-4-7;7-6(8)3-1-5(9)2-4-6;7-5-1-3-6(8)4-2-5/h9-10,12H,2-8,11H2,1H3;1,6H,2-4,8H2,(H2,9,10);6-7,9H,1-5,8H2;5H,1-4,9H2;1,6H,2-4,8H2. The highest BCUT2D eigenvalue weighted by atomic mass is 19.3. The van der Waals surface area contributed by atoms with Gasteiger partial charge < -0.3 is 44.8 Å². The van der Waals surface area contributed by atoms with Gasteiger partial charge in [-0.2, -0.15) is 0 Å². The van der Waals surface area contributed by atoms with E-state index in [2.05, 4.69) is 12.2 Å². The second-order valence-corrected chi connectivity index (χ2v) is 14.4. The molecule has 0 aliphatic heterocycles. The summed E-state index contributed by atoms with van der Waals surface area (Å²) in [5, 5.41) is 12.3. The molecule has 12 heteroatoms. The van der Waals surface area contributed by atoms with E-state index >= 15 is 0 Å². The molecule has 0 aromatic heterocycles. The fourth-order valence-electron chi connectivity index (χ4n) is 6.14. The number of unbranched alkanes of at least 4 members (excludes halogenated alkanes) is 1. The topological polar surface area (TPSA) is 205 Å². The fourth-order valence-corrected chi connectivity index (χ4v) is 6.14. The molecule has 0 bridgehead atoms. The molecule has 0 radical (unpaired) electrons. The quantitative estimate of drug-likeness (QED) is 0.179. The Hall–Kier alpha value is -1.54. The van der Waals surface area contributed by atoms with Crippen molar-refractivity contribution in [1.82, 2.24) is 5.32 Å². The summed E-state index contributed by atoms with van der Waals surface area (Å²) in [6.07, 6.45) is 20.9. The highest BCUT2D eigenvalue weighted by Crippen LogP contribution is 2.32. The molecule has 5 aliphatic carbocycles. The minimum Gasteiger partial charge on any atom is -0.396 e. The van der Waals surface area contributed by atoms with Crippen LogP contribution in [0.15, 0.2) is 23.6 Å². The van der Waals surface area contributed by atoms with Crippen LogP contribution in [0.2, 0.25) is 0 Å². The van der Waals surface area contributed by atoms with E-state index in [-0.39, 0.29) is 42.7 Å². The number of primary amides is 1. The first-order chi connectivity index (χ1) is 22.7. The van der Waals surface area contributed by atoms with E-state index in [1.807, 2.05) is 6.08 Å². The number of halogens is 3. The lowest BCUT2D eigenvalue weighted by Gasteiger charge is -2.26. The maximum absolute atomic E-state index is 12.3. The van der Waals surface area contributed by atoms with Crippen molar-refractivity contribution >= 4 is 5.91 Å². The third-order valence-electron chi connectivity index (χ3n) is 9.81. The van der Waals surface area contributed by atoms with Gasteiger partial charge in [0.05, 0.1) is 5.83 Å². The number of allylic oxidation sites excluding steroid dienone is 1. The second kappa shape index (κ2) is 25.4. The van der Waals surface area contributed by atoms with Crippen molar-refractivity contribution in [3.05, 3.63) is 23.6 Å². The van der Waals surface area contributed by atoms with Crippen LogP contribution in [0, 0.1) is 5.92 Å². The number of nitrogens with two attached hydrogens (primary N) is 6. The molecular weight excluding hydrogens is 619 g/mol. The summed E-state index contributed by atoms with van der Waals surface area (Å²) >= 11 is 0. The number of nitrogens with one attached hydrogen (secondary N) is 1. The molecule has 5 rings (SSSR count). The number of aliphatic hydroxyl groups excluding tert-OH is 1. The Labute approximate surface area is 288 Å². The van der Waals surface area contributed by atoms with Crippen LogP contribution in [-0.4, -0.2) is 66.3 Å². The van der Waals surface area contributed by atoms with Crippen molar-refractivity contribution in [2.75, 3.05) is 13.2 Å².